The molecule has 16 heavy (non-hydrogen) atoms. The SMILES string of the molecule is CC(NCCCCCC1CNCN1)C(N)=O. The quantitative estimate of drug-likeness (QED) is 0.424. The van der Waals surface area contributed by atoms with Crippen LogP contribution in [0.2, 0.25) is 0 Å². The van der Waals surface area contributed by atoms with Crippen LogP contribution in [0.25, 0.3) is 0 Å². The van der Waals surface area contributed by atoms with Crippen molar-refractivity contribution in [3.8, 4) is 0 Å². The zero-order valence-electron chi connectivity index (χ0n) is 10.1. The van der Waals surface area contributed by atoms with Crippen LogP contribution in [0.1, 0.15) is 32.6 Å². The molecule has 1 amide bonds. The molecule has 1 aliphatic heterocycles. The molecule has 1 fully saturated rings. The van der Waals surface area contributed by atoms with Gasteiger partial charge in [0.25, 0.3) is 0 Å². The summed E-state index contributed by atoms with van der Waals surface area (Å²) in [5.74, 6) is -0.277. The number of rotatable bonds is 8. The molecule has 1 saturated heterocycles. The lowest BCUT2D eigenvalue weighted by molar-refractivity contribution is -0.119. The van der Waals surface area contributed by atoms with Crippen molar-refractivity contribution in [1.82, 2.24) is 16.0 Å². The Hall–Kier alpha value is -0.650. The normalized spacial score (nSPS) is 22.2. The maximum Gasteiger partial charge on any atom is 0.234 e. The Labute approximate surface area is 97.5 Å². The Kier molecular flexibility index (Phi) is 6.37. The van der Waals surface area contributed by atoms with E-state index >= 15 is 0 Å². The van der Waals surface area contributed by atoms with E-state index in [0.717, 1.165) is 26.2 Å². The summed E-state index contributed by atoms with van der Waals surface area (Å²) in [6.07, 6.45) is 4.79. The molecule has 0 aliphatic carbocycles. The van der Waals surface area contributed by atoms with Gasteiger partial charge in [0.05, 0.1) is 6.04 Å². The predicted molar refractivity (Wildman–Crippen MR) is 64.9 cm³/mol. The van der Waals surface area contributed by atoms with Gasteiger partial charge in [-0.3, -0.25) is 4.79 Å². The minimum Gasteiger partial charge on any atom is -0.368 e. The van der Waals surface area contributed by atoms with Crippen LogP contribution in [0.5, 0.6) is 0 Å². The number of unbranched alkanes of at least 4 members (excludes halogenated alkanes) is 2. The lowest BCUT2D eigenvalue weighted by Crippen LogP contribution is -2.39. The predicted octanol–water partition coefficient (Wildman–Crippen LogP) is -0.471. The third kappa shape index (κ3) is 5.44. The minimum absolute atomic E-state index is 0.208. The van der Waals surface area contributed by atoms with Crippen LogP contribution in [0.4, 0.5) is 0 Å². The Morgan fingerprint density at radius 1 is 1.50 bits per heavy atom. The van der Waals surface area contributed by atoms with E-state index < -0.39 is 0 Å². The third-order valence-corrected chi connectivity index (χ3v) is 3.01. The molecular formula is C11H24N4O. The Bertz CT molecular complexity index is 204. The maximum atomic E-state index is 10.7. The van der Waals surface area contributed by atoms with Crippen molar-refractivity contribution < 1.29 is 4.79 Å². The van der Waals surface area contributed by atoms with Crippen LogP contribution < -0.4 is 21.7 Å². The molecule has 0 radical (unpaired) electrons. The van der Waals surface area contributed by atoms with Crippen molar-refractivity contribution in [1.29, 1.82) is 0 Å². The van der Waals surface area contributed by atoms with Gasteiger partial charge in [-0.15, -0.1) is 0 Å². The number of nitrogens with one attached hydrogen (secondary N) is 3. The summed E-state index contributed by atoms with van der Waals surface area (Å²) >= 11 is 0. The molecule has 0 spiro atoms. The topological polar surface area (TPSA) is 79.2 Å². The van der Waals surface area contributed by atoms with Gasteiger partial charge in [-0.1, -0.05) is 12.8 Å². The van der Waals surface area contributed by atoms with Crippen LogP contribution >= 0.6 is 0 Å². The molecule has 0 aromatic heterocycles. The summed E-state index contributed by atoms with van der Waals surface area (Å²) in [4.78, 5) is 10.7. The first-order chi connectivity index (χ1) is 7.70. The van der Waals surface area contributed by atoms with Gasteiger partial charge < -0.3 is 21.7 Å². The van der Waals surface area contributed by atoms with E-state index in [4.69, 9.17) is 5.73 Å². The van der Waals surface area contributed by atoms with Gasteiger partial charge >= 0.3 is 0 Å². The second-order valence-corrected chi connectivity index (χ2v) is 4.46. The van der Waals surface area contributed by atoms with Crippen molar-refractivity contribution in [3.63, 3.8) is 0 Å². The van der Waals surface area contributed by atoms with Gasteiger partial charge in [-0.25, -0.2) is 0 Å². The minimum atomic E-state index is -0.277. The summed E-state index contributed by atoms with van der Waals surface area (Å²) in [6.45, 7) is 4.72. The molecule has 1 aliphatic rings. The Balaban J connectivity index is 1.86. The molecule has 2 unspecified atom stereocenters. The van der Waals surface area contributed by atoms with Crippen LogP contribution in [0, 0.1) is 0 Å². The van der Waals surface area contributed by atoms with E-state index in [1.807, 2.05) is 0 Å². The highest BCUT2D eigenvalue weighted by molar-refractivity contribution is 5.79. The zero-order valence-corrected chi connectivity index (χ0v) is 10.1. The maximum absolute atomic E-state index is 10.7. The van der Waals surface area contributed by atoms with Crippen molar-refractivity contribution >= 4 is 5.91 Å². The summed E-state index contributed by atoms with van der Waals surface area (Å²) < 4.78 is 0. The van der Waals surface area contributed by atoms with Gasteiger partial charge in [-0.05, 0) is 26.3 Å². The van der Waals surface area contributed by atoms with E-state index in [9.17, 15) is 4.79 Å². The fourth-order valence-corrected chi connectivity index (χ4v) is 1.85. The first-order valence-electron chi connectivity index (χ1n) is 6.17. The number of nitrogens with two attached hydrogens (primary N) is 1. The largest absolute Gasteiger partial charge is 0.368 e. The second-order valence-electron chi connectivity index (χ2n) is 4.46. The van der Waals surface area contributed by atoms with Gasteiger partial charge in [0.15, 0.2) is 0 Å². The monoisotopic (exact) mass is 228 g/mol. The molecular weight excluding hydrogens is 204 g/mol. The first-order valence-corrected chi connectivity index (χ1v) is 6.17. The van der Waals surface area contributed by atoms with E-state index in [0.29, 0.717) is 6.04 Å². The summed E-state index contributed by atoms with van der Waals surface area (Å²) in [6, 6.07) is 0.443. The van der Waals surface area contributed by atoms with E-state index in [1.54, 1.807) is 6.92 Å². The average Bonchev–Trinajstić information content (AvgIpc) is 2.75. The number of carbonyl (C=O) groups excluding carboxylic acids is 1. The van der Waals surface area contributed by atoms with Gasteiger partial charge in [0.1, 0.15) is 0 Å². The Morgan fingerprint density at radius 3 is 2.94 bits per heavy atom. The molecule has 5 N–H and O–H groups in total. The smallest absolute Gasteiger partial charge is 0.234 e. The van der Waals surface area contributed by atoms with Crippen LogP contribution in [0.3, 0.4) is 0 Å². The number of hydrogen-bond acceptors (Lipinski definition) is 4. The molecule has 2 atom stereocenters. The fraction of sp³-hybridized carbons (Fsp3) is 0.909. The van der Waals surface area contributed by atoms with Crippen LogP contribution in [-0.4, -0.2) is 37.7 Å². The highest BCUT2D eigenvalue weighted by atomic mass is 16.1. The summed E-state index contributed by atoms with van der Waals surface area (Å²) in [7, 11) is 0. The fourth-order valence-electron chi connectivity index (χ4n) is 1.85. The van der Waals surface area contributed by atoms with Crippen LogP contribution in [0.15, 0.2) is 0 Å². The Morgan fingerprint density at radius 2 is 2.31 bits per heavy atom. The summed E-state index contributed by atoms with van der Waals surface area (Å²) in [5, 5.41) is 9.78. The van der Waals surface area contributed by atoms with Crippen molar-refractivity contribution in [2.75, 3.05) is 19.8 Å². The molecule has 1 heterocycles. The number of hydrogen-bond donors (Lipinski definition) is 4. The van der Waals surface area contributed by atoms with E-state index in [-0.39, 0.29) is 11.9 Å². The highest BCUT2D eigenvalue weighted by Gasteiger charge is 2.12. The number of carbonyl (C=O) groups is 1. The summed E-state index contributed by atoms with van der Waals surface area (Å²) in [5.41, 5.74) is 5.14. The highest BCUT2D eigenvalue weighted by Crippen LogP contribution is 2.04. The van der Waals surface area contributed by atoms with Gasteiger partial charge in [0, 0.05) is 19.3 Å². The first kappa shape index (κ1) is 13.4. The van der Waals surface area contributed by atoms with E-state index in [1.165, 1.54) is 19.3 Å². The van der Waals surface area contributed by atoms with Gasteiger partial charge in [-0.2, -0.15) is 0 Å². The number of amides is 1. The number of primary amides is 1. The molecule has 5 heteroatoms. The molecule has 0 aromatic carbocycles. The molecule has 1 rings (SSSR count). The third-order valence-electron chi connectivity index (χ3n) is 3.01. The second kappa shape index (κ2) is 7.60. The lowest BCUT2D eigenvalue weighted by Gasteiger charge is -2.10. The molecule has 5 nitrogen and oxygen atoms in total. The van der Waals surface area contributed by atoms with Crippen molar-refractivity contribution in [2.45, 2.75) is 44.7 Å². The van der Waals surface area contributed by atoms with Crippen molar-refractivity contribution in [2.24, 2.45) is 5.73 Å². The average molecular weight is 228 g/mol. The lowest BCUT2D eigenvalue weighted by atomic mass is 10.1. The van der Waals surface area contributed by atoms with Gasteiger partial charge in [0.2, 0.25) is 5.91 Å². The molecule has 0 bridgehead atoms. The zero-order chi connectivity index (χ0) is 11.8. The standard InChI is InChI=1S/C11H24N4O/c1-9(11(12)16)14-6-4-2-3-5-10-7-13-8-15-10/h9-10,13-15H,2-8H2,1H3,(H2,12,16). The van der Waals surface area contributed by atoms with E-state index in [2.05, 4.69) is 16.0 Å². The molecule has 0 aromatic rings. The molecule has 0 saturated carbocycles. The van der Waals surface area contributed by atoms with Crippen molar-refractivity contribution in [3.05, 3.63) is 0 Å². The molecule has 94 valence electrons. The van der Waals surface area contributed by atoms with Crippen LogP contribution in [-0.2, 0) is 4.79 Å².